The Morgan fingerprint density at radius 2 is 1.77 bits per heavy atom. The summed E-state index contributed by atoms with van der Waals surface area (Å²) >= 11 is 0. The third-order valence-electron chi connectivity index (χ3n) is 7.65. The number of halogens is 5. The van der Waals surface area contributed by atoms with Gasteiger partial charge in [0, 0.05) is 31.9 Å². The van der Waals surface area contributed by atoms with Gasteiger partial charge in [-0.3, -0.25) is 9.78 Å². The molecule has 4 aromatic rings. The molecule has 230 valence electrons. The summed E-state index contributed by atoms with van der Waals surface area (Å²) in [5.74, 6) is -9.97. The number of benzene rings is 1. The summed E-state index contributed by atoms with van der Waals surface area (Å²) < 4.78 is 74.7. The third-order valence-corrected chi connectivity index (χ3v) is 7.65. The molecule has 4 heterocycles. The predicted octanol–water partition coefficient (Wildman–Crippen LogP) is 4.78. The van der Waals surface area contributed by atoms with Crippen LogP contribution in [-0.2, 0) is 4.79 Å². The average molecular weight is 614 g/mol. The van der Waals surface area contributed by atoms with Crippen molar-refractivity contribution in [2.45, 2.75) is 39.7 Å². The van der Waals surface area contributed by atoms with Gasteiger partial charge in [-0.15, -0.1) is 0 Å². The number of aryl methyl sites for hydroxylation is 1. The van der Waals surface area contributed by atoms with Gasteiger partial charge in [0.25, 0.3) is 0 Å². The van der Waals surface area contributed by atoms with Crippen LogP contribution in [-0.4, -0.2) is 56.0 Å². The Morgan fingerprint density at radius 1 is 1.09 bits per heavy atom. The maximum atomic E-state index is 15.9. The molecule has 44 heavy (non-hydrogen) atoms. The number of aromatic nitrogens is 4. The van der Waals surface area contributed by atoms with Crippen molar-refractivity contribution in [3.63, 3.8) is 0 Å². The second-order valence-electron chi connectivity index (χ2n) is 10.8. The second kappa shape index (κ2) is 11.3. The van der Waals surface area contributed by atoms with Crippen molar-refractivity contribution in [1.29, 1.82) is 0 Å². The number of hydrogen-bond donors (Lipinski definition) is 1. The average Bonchev–Trinajstić information content (AvgIpc) is 2.99. The van der Waals surface area contributed by atoms with Gasteiger partial charge in [-0.1, -0.05) is 20.4 Å². The molecule has 1 fully saturated rings. The fourth-order valence-corrected chi connectivity index (χ4v) is 5.48. The molecule has 1 saturated heterocycles. The first-order valence-corrected chi connectivity index (χ1v) is 13.7. The highest BCUT2D eigenvalue weighted by Crippen LogP contribution is 2.38. The number of carbonyl (C=O) groups excluding carboxylic acids is 1. The molecule has 1 aromatic carbocycles. The number of pyridine rings is 2. The van der Waals surface area contributed by atoms with E-state index in [0.29, 0.717) is 11.3 Å². The van der Waals surface area contributed by atoms with Crippen molar-refractivity contribution in [2.24, 2.45) is 0 Å². The molecular formula is C30H28F5N7O2. The fraction of sp³-hybridized carbons (Fsp3) is 0.300. The van der Waals surface area contributed by atoms with Crippen LogP contribution in [0.3, 0.4) is 0 Å². The summed E-state index contributed by atoms with van der Waals surface area (Å²) in [5, 5.41) is 0.00143. The lowest BCUT2D eigenvalue weighted by molar-refractivity contribution is -0.128. The zero-order chi connectivity index (χ0) is 32.2. The van der Waals surface area contributed by atoms with Crippen LogP contribution in [0, 0.1) is 36.0 Å². The van der Waals surface area contributed by atoms with Gasteiger partial charge in [0.2, 0.25) is 5.91 Å². The van der Waals surface area contributed by atoms with Gasteiger partial charge in [0.05, 0.1) is 28.0 Å². The molecular weight excluding hydrogens is 585 g/mol. The van der Waals surface area contributed by atoms with Crippen LogP contribution in [0.1, 0.15) is 37.9 Å². The van der Waals surface area contributed by atoms with Gasteiger partial charge in [0.15, 0.2) is 34.7 Å². The molecule has 1 aliphatic heterocycles. The first-order chi connectivity index (χ1) is 20.8. The van der Waals surface area contributed by atoms with E-state index in [1.54, 1.807) is 35.9 Å². The Hall–Kier alpha value is -4.88. The smallest absolute Gasteiger partial charge is 0.355 e. The number of nitrogens with zero attached hydrogens (tertiary/aromatic N) is 6. The number of carbonyl (C=O) groups is 1. The Bertz CT molecular complexity index is 1880. The lowest BCUT2D eigenvalue weighted by Crippen LogP contribution is -2.54. The summed E-state index contributed by atoms with van der Waals surface area (Å²) in [4.78, 5) is 42.3. The van der Waals surface area contributed by atoms with Crippen molar-refractivity contribution in [3.8, 4) is 16.9 Å². The minimum Gasteiger partial charge on any atom is -0.396 e. The maximum absolute atomic E-state index is 15.9. The largest absolute Gasteiger partial charge is 0.396 e. The van der Waals surface area contributed by atoms with E-state index in [2.05, 4.69) is 21.5 Å². The number of piperazine rings is 1. The number of amides is 1. The highest BCUT2D eigenvalue weighted by Gasteiger charge is 2.32. The topological polar surface area (TPSA) is 110 Å². The molecule has 0 spiro atoms. The molecule has 0 unspecified atom stereocenters. The quantitative estimate of drug-likeness (QED) is 0.114. The van der Waals surface area contributed by atoms with Gasteiger partial charge in [0.1, 0.15) is 11.5 Å². The predicted molar refractivity (Wildman–Crippen MR) is 155 cm³/mol. The van der Waals surface area contributed by atoms with Crippen molar-refractivity contribution in [1.82, 2.24) is 24.4 Å². The molecule has 5 rings (SSSR count). The van der Waals surface area contributed by atoms with Crippen LogP contribution >= 0.6 is 0 Å². The second-order valence-corrected chi connectivity index (χ2v) is 10.8. The minimum absolute atomic E-state index is 0.00143. The maximum Gasteiger partial charge on any atom is 0.355 e. The molecule has 0 saturated carbocycles. The number of hydrogen-bond acceptors (Lipinski definition) is 7. The molecule has 3 aromatic heterocycles. The Kier molecular flexibility index (Phi) is 7.87. The summed E-state index contributed by atoms with van der Waals surface area (Å²) in [7, 11) is 0. The van der Waals surface area contributed by atoms with Gasteiger partial charge >= 0.3 is 5.69 Å². The highest BCUT2D eigenvalue weighted by atomic mass is 19.2. The minimum atomic E-state index is -2.20. The van der Waals surface area contributed by atoms with Gasteiger partial charge in [-0.25, -0.2) is 36.3 Å². The Morgan fingerprint density at radius 3 is 2.41 bits per heavy atom. The standard InChI is InChI=1S/C30H28F5N7O2/c1-6-18(43)41-10-9-40(12-15(41)5)28-16-11-17(31)26(19-20(32)21(33)22(34)23(35)24(19)36)38-29(16)42(30(44)39-28)27-14(4)7-8-37-25(27)13(2)3/h6-8,11,13,15H,1,9-10,12,36H2,2-5H3/t15-/m1/s1. The molecule has 1 amide bonds. The number of nitrogen functional groups attached to an aromatic ring is 1. The number of anilines is 2. The van der Waals surface area contributed by atoms with Crippen LogP contribution < -0.4 is 16.3 Å². The van der Waals surface area contributed by atoms with E-state index in [1.807, 2.05) is 13.8 Å². The summed E-state index contributed by atoms with van der Waals surface area (Å²) in [6.45, 7) is 11.3. The van der Waals surface area contributed by atoms with Gasteiger partial charge in [-0.2, -0.15) is 4.98 Å². The SMILES string of the molecule is C=CC(=O)N1CCN(c2nc(=O)n(-c3c(C)ccnc3C(C)C)c3nc(-c4c(N)c(F)c(F)c(F)c4F)c(F)cc23)C[C@H]1C. The summed E-state index contributed by atoms with van der Waals surface area (Å²) in [6.07, 6.45) is 2.74. The normalized spacial score (nSPS) is 15.4. The Labute approximate surface area is 248 Å². The molecule has 14 heteroatoms. The highest BCUT2D eigenvalue weighted by molar-refractivity contribution is 5.92. The number of nitrogens with two attached hydrogens (primary N) is 1. The number of fused-ring (bicyclic) bond motifs is 1. The molecule has 9 nitrogen and oxygen atoms in total. The van der Waals surface area contributed by atoms with E-state index < -0.39 is 51.7 Å². The van der Waals surface area contributed by atoms with Crippen LogP contribution in [0.25, 0.3) is 28.0 Å². The summed E-state index contributed by atoms with van der Waals surface area (Å²) in [6, 6.07) is 2.19. The van der Waals surface area contributed by atoms with Crippen molar-refractivity contribution < 1.29 is 26.7 Å². The lowest BCUT2D eigenvalue weighted by Gasteiger charge is -2.40. The molecule has 1 aliphatic rings. The van der Waals surface area contributed by atoms with Gasteiger partial charge in [-0.05, 0) is 43.5 Å². The van der Waals surface area contributed by atoms with Crippen molar-refractivity contribution in [2.75, 3.05) is 30.3 Å². The van der Waals surface area contributed by atoms with Crippen LogP contribution in [0.5, 0.6) is 0 Å². The van der Waals surface area contributed by atoms with Crippen LogP contribution in [0.4, 0.5) is 33.5 Å². The monoisotopic (exact) mass is 613 g/mol. The van der Waals surface area contributed by atoms with Crippen molar-refractivity contribution >= 4 is 28.4 Å². The zero-order valence-corrected chi connectivity index (χ0v) is 24.3. The van der Waals surface area contributed by atoms with Crippen LogP contribution in [0.15, 0.2) is 35.8 Å². The van der Waals surface area contributed by atoms with E-state index in [-0.39, 0.29) is 60.0 Å². The van der Waals surface area contributed by atoms with E-state index >= 15 is 8.78 Å². The zero-order valence-electron chi connectivity index (χ0n) is 24.3. The summed E-state index contributed by atoms with van der Waals surface area (Å²) in [5.41, 5.74) is 2.54. The molecule has 0 radical (unpaired) electrons. The van der Waals surface area contributed by atoms with E-state index in [0.717, 1.165) is 10.6 Å². The van der Waals surface area contributed by atoms with E-state index in [4.69, 9.17) is 5.73 Å². The van der Waals surface area contributed by atoms with E-state index in [1.165, 1.54) is 6.08 Å². The molecule has 1 atom stereocenters. The third kappa shape index (κ3) is 4.83. The van der Waals surface area contributed by atoms with E-state index in [9.17, 15) is 22.8 Å². The molecule has 0 bridgehead atoms. The first-order valence-electron chi connectivity index (χ1n) is 13.7. The fourth-order valence-electron chi connectivity index (χ4n) is 5.48. The van der Waals surface area contributed by atoms with Crippen molar-refractivity contribution in [3.05, 3.63) is 81.8 Å². The lowest BCUT2D eigenvalue weighted by atomic mass is 10.0. The molecule has 2 N–H and O–H groups in total. The molecule has 0 aliphatic carbocycles. The first kappa shape index (κ1) is 30.6. The van der Waals surface area contributed by atoms with Crippen LogP contribution in [0.2, 0.25) is 0 Å². The number of rotatable bonds is 5. The Balaban J connectivity index is 1.86. The van der Waals surface area contributed by atoms with Gasteiger partial charge < -0.3 is 15.5 Å².